The first kappa shape index (κ1) is 24.4. The Labute approximate surface area is 207 Å². The van der Waals surface area contributed by atoms with Crippen LogP contribution in [0.5, 0.6) is 0 Å². The molecule has 0 aromatic carbocycles. The van der Waals surface area contributed by atoms with Crippen molar-refractivity contribution < 1.29 is 19.5 Å². The predicted octanol–water partition coefficient (Wildman–Crippen LogP) is -0.655. The number of carbonyl (C=O) groups excluding carboxylic acids is 2. The summed E-state index contributed by atoms with van der Waals surface area (Å²) < 4.78 is 1.66. The van der Waals surface area contributed by atoms with Crippen LogP contribution in [0.3, 0.4) is 0 Å². The molecule has 0 radical (unpaired) electrons. The average Bonchev–Trinajstić information content (AvgIpc) is 3.41. The van der Waals surface area contributed by atoms with Gasteiger partial charge in [-0.1, -0.05) is 11.8 Å². The zero-order valence-corrected chi connectivity index (χ0v) is 20.8. The second-order valence-corrected chi connectivity index (χ2v) is 10.7. The number of thiazole rings is 1. The number of carboxylic acids is 1. The number of nitrogens with two attached hydrogens (primary N) is 1. The smallest absolute Gasteiger partial charge is 0.330 e. The van der Waals surface area contributed by atoms with Crippen LogP contribution in [-0.4, -0.2) is 102 Å². The van der Waals surface area contributed by atoms with Gasteiger partial charge in [-0.3, -0.25) is 9.59 Å². The number of likely N-dealkylation sites (N-methyl/N-ethyl adjacent to an activating group) is 1. The van der Waals surface area contributed by atoms with Gasteiger partial charge in [0.05, 0.1) is 18.7 Å². The Morgan fingerprint density at radius 3 is 2.85 bits per heavy atom. The Hall–Kier alpha value is -2.69. The maximum atomic E-state index is 12.8. The summed E-state index contributed by atoms with van der Waals surface area (Å²) in [7, 11) is 3.90. The fraction of sp³-hybridized carbons (Fsp3) is 0.500. The van der Waals surface area contributed by atoms with Crippen molar-refractivity contribution in [3.63, 3.8) is 0 Å². The minimum absolute atomic E-state index is 0.00248. The Morgan fingerprint density at radius 1 is 1.38 bits per heavy atom. The van der Waals surface area contributed by atoms with Crippen LogP contribution >= 0.6 is 34.9 Å². The molecule has 4 heterocycles. The lowest BCUT2D eigenvalue weighted by molar-refractivity contribution is -0.160. The summed E-state index contributed by atoms with van der Waals surface area (Å²) in [5, 5.41) is 28.1. The van der Waals surface area contributed by atoms with Gasteiger partial charge in [0, 0.05) is 17.7 Å². The van der Waals surface area contributed by atoms with Gasteiger partial charge >= 0.3 is 5.97 Å². The summed E-state index contributed by atoms with van der Waals surface area (Å²) in [5.41, 5.74) is 6.67. The van der Waals surface area contributed by atoms with Crippen molar-refractivity contribution in [3.05, 3.63) is 22.1 Å². The maximum Gasteiger partial charge on any atom is 0.330 e. The molecular weight excluding hydrogens is 502 g/mol. The second-order valence-electron chi connectivity index (χ2n) is 7.88. The zero-order chi connectivity index (χ0) is 24.4. The molecule has 2 aromatic rings. The quantitative estimate of drug-likeness (QED) is 0.265. The van der Waals surface area contributed by atoms with E-state index in [0.717, 1.165) is 6.54 Å². The Kier molecular flexibility index (Phi) is 7.39. The fourth-order valence-corrected chi connectivity index (χ4v) is 6.31. The van der Waals surface area contributed by atoms with Crippen molar-refractivity contribution in [1.29, 1.82) is 0 Å². The molecule has 1 fully saturated rings. The molecule has 4 rings (SSSR count). The molecule has 2 amide bonds. The van der Waals surface area contributed by atoms with Gasteiger partial charge in [-0.15, -0.1) is 28.2 Å². The van der Waals surface area contributed by atoms with E-state index in [4.69, 9.17) is 5.73 Å². The number of carbonyl (C=O) groups is 3. The zero-order valence-electron chi connectivity index (χ0n) is 18.3. The molecule has 13 nitrogen and oxygen atoms in total. The van der Waals surface area contributed by atoms with Crippen LogP contribution in [0.2, 0.25) is 0 Å². The predicted molar refractivity (Wildman–Crippen MR) is 127 cm³/mol. The average molecular weight is 526 g/mol. The number of nitrogens with one attached hydrogen (secondary N) is 1. The third-order valence-electron chi connectivity index (χ3n) is 5.16. The number of nitrogen functional groups attached to an aromatic ring is 1. The topological polar surface area (TPSA) is 172 Å². The minimum atomic E-state index is -1.12. The van der Waals surface area contributed by atoms with E-state index in [1.807, 2.05) is 19.0 Å². The molecule has 1 saturated heterocycles. The largest absolute Gasteiger partial charge is 0.479 e. The first-order chi connectivity index (χ1) is 16.2. The number of aromatic nitrogens is 5. The molecule has 0 aliphatic carbocycles. The Bertz CT molecular complexity index is 1120. The molecule has 34 heavy (non-hydrogen) atoms. The molecule has 16 heteroatoms. The third kappa shape index (κ3) is 5.18. The van der Waals surface area contributed by atoms with E-state index >= 15 is 0 Å². The number of rotatable bonds is 10. The number of fused-ring (bicyclic) bond motifs is 1. The van der Waals surface area contributed by atoms with Gasteiger partial charge in [0.15, 0.2) is 11.2 Å². The Balaban J connectivity index is 1.39. The van der Waals surface area contributed by atoms with Crippen LogP contribution in [-0.2, 0) is 27.3 Å². The van der Waals surface area contributed by atoms with Crippen LogP contribution < -0.4 is 11.1 Å². The molecule has 0 bridgehead atoms. The second kappa shape index (κ2) is 10.3. The van der Waals surface area contributed by atoms with Crippen LogP contribution in [0, 0.1) is 0 Å². The highest BCUT2D eigenvalue weighted by Gasteiger charge is 2.55. The minimum Gasteiger partial charge on any atom is -0.479 e. The van der Waals surface area contributed by atoms with E-state index in [9.17, 15) is 19.5 Å². The molecule has 1 unspecified atom stereocenters. The summed E-state index contributed by atoms with van der Waals surface area (Å²) in [6, 6.07) is -1.90. The number of anilines is 1. The highest BCUT2D eigenvalue weighted by Crippen LogP contribution is 2.41. The highest BCUT2D eigenvalue weighted by atomic mass is 32.2. The number of aliphatic carboxylic acids is 1. The highest BCUT2D eigenvalue weighted by molar-refractivity contribution is 8.03. The molecule has 2 aliphatic rings. The first-order valence-corrected chi connectivity index (χ1v) is 13.0. The summed E-state index contributed by atoms with van der Waals surface area (Å²) in [6.07, 6.45) is -0.00248. The van der Waals surface area contributed by atoms with Crippen molar-refractivity contribution in [1.82, 2.24) is 40.3 Å². The van der Waals surface area contributed by atoms with Gasteiger partial charge in [0.25, 0.3) is 0 Å². The number of nitrogens with zero attached hydrogens (tertiary/aromatic N) is 7. The van der Waals surface area contributed by atoms with Gasteiger partial charge in [0.2, 0.25) is 17.0 Å². The lowest BCUT2D eigenvalue weighted by Crippen LogP contribution is -2.74. The van der Waals surface area contributed by atoms with E-state index in [1.54, 1.807) is 15.5 Å². The lowest BCUT2D eigenvalue weighted by atomic mass is 9.98. The normalized spacial score (nSPS) is 21.7. The van der Waals surface area contributed by atoms with Gasteiger partial charge in [-0.2, -0.15) is 0 Å². The number of hydrogen-bond acceptors (Lipinski definition) is 12. The number of hydrogen-bond donors (Lipinski definition) is 3. The molecular formula is C18H23N9O4S3. The van der Waals surface area contributed by atoms with Gasteiger partial charge in [-0.25, -0.2) is 14.5 Å². The third-order valence-corrected chi connectivity index (χ3v) is 8.12. The molecule has 3 atom stereocenters. The standard InChI is InChI=1S/C18H23N9O4S3/c1-25(2)3-4-26-18(22-23-24-26)34-7-9-6-32-15-12(14(29)27(15)13(9)16(30)31)21-11(28)5-10-8-33-17(19)20-10/h6,8,12-13,15H,3-5,7H2,1-2H3,(H2,19,20)(H,21,28)(H,30,31)/t12-,13?,15-/m1/s1. The monoisotopic (exact) mass is 525 g/mol. The molecule has 182 valence electrons. The van der Waals surface area contributed by atoms with Crippen molar-refractivity contribution in [2.24, 2.45) is 0 Å². The van der Waals surface area contributed by atoms with Crippen LogP contribution in [0.4, 0.5) is 5.13 Å². The lowest BCUT2D eigenvalue weighted by Gasteiger charge is -2.51. The number of amides is 2. The maximum absolute atomic E-state index is 12.8. The van der Waals surface area contributed by atoms with Gasteiger partial charge in [-0.05, 0) is 35.5 Å². The first-order valence-electron chi connectivity index (χ1n) is 10.2. The number of tetrazole rings is 1. The van der Waals surface area contributed by atoms with E-state index in [-0.39, 0.29) is 12.3 Å². The van der Waals surface area contributed by atoms with E-state index < -0.39 is 29.3 Å². The van der Waals surface area contributed by atoms with Gasteiger partial charge in [0.1, 0.15) is 11.4 Å². The van der Waals surface area contributed by atoms with Gasteiger partial charge < -0.3 is 26.0 Å². The fourth-order valence-electron chi connectivity index (χ4n) is 3.50. The molecule has 0 saturated carbocycles. The number of β-lactam (4-membered cyclic amide) rings is 1. The van der Waals surface area contributed by atoms with Crippen molar-refractivity contribution >= 4 is 57.8 Å². The summed E-state index contributed by atoms with van der Waals surface area (Å²) >= 11 is 3.86. The summed E-state index contributed by atoms with van der Waals surface area (Å²) in [4.78, 5) is 44.6. The van der Waals surface area contributed by atoms with E-state index in [1.165, 1.54) is 39.8 Å². The summed E-state index contributed by atoms with van der Waals surface area (Å²) in [6.45, 7) is 1.35. The van der Waals surface area contributed by atoms with Crippen molar-refractivity contribution in [2.45, 2.75) is 35.6 Å². The molecule has 2 aliphatic heterocycles. The van der Waals surface area contributed by atoms with E-state index in [0.29, 0.717) is 33.9 Å². The molecule has 0 spiro atoms. The molecule has 4 N–H and O–H groups in total. The Morgan fingerprint density at radius 2 is 2.18 bits per heavy atom. The van der Waals surface area contributed by atoms with E-state index in [2.05, 4.69) is 25.8 Å². The SMILES string of the molecule is CN(C)CCn1nnnc1SCC1=CS[C@@H]2[C@H](NC(=O)Cc3csc(N)n3)C(=O)N2C1C(=O)O. The number of thioether (sulfide) groups is 2. The van der Waals surface area contributed by atoms with Crippen LogP contribution in [0.1, 0.15) is 5.69 Å². The summed E-state index contributed by atoms with van der Waals surface area (Å²) in [5.74, 6) is -1.61. The number of carboxylic acid groups (broad SMARTS) is 1. The van der Waals surface area contributed by atoms with Crippen molar-refractivity contribution in [3.8, 4) is 0 Å². The van der Waals surface area contributed by atoms with Crippen LogP contribution in [0.15, 0.2) is 21.5 Å². The van der Waals surface area contributed by atoms with Crippen molar-refractivity contribution in [2.75, 3.05) is 32.1 Å². The molecule has 2 aromatic heterocycles. The van der Waals surface area contributed by atoms with Crippen LogP contribution in [0.25, 0.3) is 0 Å².